The van der Waals surface area contributed by atoms with E-state index in [0.717, 1.165) is 17.7 Å². The molecule has 1 unspecified atom stereocenters. The highest BCUT2D eigenvalue weighted by molar-refractivity contribution is 5.58. The van der Waals surface area contributed by atoms with Crippen LogP contribution in [-0.2, 0) is 0 Å². The second-order valence-corrected chi connectivity index (χ2v) is 5.52. The summed E-state index contributed by atoms with van der Waals surface area (Å²) in [4.78, 5) is 0. The summed E-state index contributed by atoms with van der Waals surface area (Å²) in [7, 11) is 0. The van der Waals surface area contributed by atoms with Crippen LogP contribution in [0.1, 0.15) is 22.6 Å². The average Bonchev–Trinajstić information content (AvgIpc) is 2.50. The van der Waals surface area contributed by atoms with Crippen LogP contribution in [0.15, 0.2) is 60.7 Å². The van der Waals surface area contributed by atoms with Crippen LogP contribution in [0.5, 0.6) is 28.7 Å². The number of benzene rings is 3. The molecule has 0 aliphatic rings. The van der Waals surface area contributed by atoms with Crippen LogP contribution in [0.25, 0.3) is 0 Å². The highest BCUT2D eigenvalue weighted by Crippen LogP contribution is 2.44. The Bertz CT molecular complexity index is 831. The Morgan fingerprint density at radius 1 is 0.542 bits per heavy atom. The average molecular weight is 324 g/mol. The summed E-state index contributed by atoms with van der Waals surface area (Å²) in [5.41, 5.74) is 1.39. The van der Waals surface area contributed by atoms with E-state index in [4.69, 9.17) is 0 Å². The van der Waals surface area contributed by atoms with Gasteiger partial charge < -0.3 is 25.5 Å². The number of aromatic hydroxyl groups is 5. The lowest BCUT2D eigenvalue weighted by atomic mass is 9.84. The van der Waals surface area contributed by atoms with Gasteiger partial charge in [-0.25, -0.2) is 0 Å². The van der Waals surface area contributed by atoms with E-state index in [2.05, 4.69) is 0 Å². The lowest BCUT2D eigenvalue weighted by Crippen LogP contribution is -2.04. The fourth-order valence-electron chi connectivity index (χ4n) is 2.86. The molecule has 0 radical (unpaired) electrons. The molecule has 5 heteroatoms. The van der Waals surface area contributed by atoms with Crippen LogP contribution in [0.2, 0.25) is 0 Å². The van der Waals surface area contributed by atoms with E-state index in [1.807, 2.05) is 6.07 Å². The first-order chi connectivity index (χ1) is 11.5. The molecule has 0 saturated carbocycles. The molecule has 0 spiro atoms. The maximum absolute atomic E-state index is 10.3. The Morgan fingerprint density at radius 3 is 1.58 bits per heavy atom. The van der Waals surface area contributed by atoms with Crippen molar-refractivity contribution in [2.75, 3.05) is 0 Å². The van der Waals surface area contributed by atoms with Crippen LogP contribution in [0.4, 0.5) is 0 Å². The van der Waals surface area contributed by atoms with Crippen LogP contribution >= 0.6 is 0 Å². The number of hydrogen-bond donors (Lipinski definition) is 5. The lowest BCUT2D eigenvalue weighted by molar-refractivity contribution is 0.417. The van der Waals surface area contributed by atoms with Gasteiger partial charge in [0.15, 0.2) is 0 Å². The van der Waals surface area contributed by atoms with E-state index in [-0.39, 0.29) is 34.3 Å². The summed E-state index contributed by atoms with van der Waals surface area (Å²) in [6.45, 7) is 0. The van der Waals surface area contributed by atoms with Crippen molar-refractivity contribution in [3.8, 4) is 28.7 Å². The molecule has 5 nitrogen and oxygen atoms in total. The Kier molecular flexibility index (Phi) is 3.92. The molecule has 122 valence electrons. The van der Waals surface area contributed by atoms with Crippen molar-refractivity contribution in [1.82, 2.24) is 0 Å². The third kappa shape index (κ3) is 2.92. The molecule has 3 aromatic carbocycles. The number of phenols is 5. The van der Waals surface area contributed by atoms with Gasteiger partial charge in [-0.3, -0.25) is 0 Å². The summed E-state index contributed by atoms with van der Waals surface area (Å²) in [6, 6.07) is 15.4. The monoisotopic (exact) mass is 324 g/mol. The fraction of sp³-hybridized carbons (Fsp3) is 0.0526. The molecule has 0 aromatic heterocycles. The van der Waals surface area contributed by atoms with Crippen LogP contribution in [-0.4, -0.2) is 25.5 Å². The summed E-state index contributed by atoms with van der Waals surface area (Å²) in [6.07, 6.45) is 0. The molecule has 0 aliphatic carbocycles. The van der Waals surface area contributed by atoms with Gasteiger partial charge in [0.05, 0.1) is 0 Å². The van der Waals surface area contributed by atoms with Crippen molar-refractivity contribution >= 4 is 0 Å². The third-order valence-corrected chi connectivity index (χ3v) is 3.80. The first-order valence-electron chi connectivity index (χ1n) is 7.28. The van der Waals surface area contributed by atoms with Crippen LogP contribution < -0.4 is 0 Å². The summed E-state index contributed by atoms with van der Waals surface area (Å²) >= 11 is 0. The van der Waals surface area contributed by atoms with Crippen molar-refractivity contribution in [2.24, 2.45) is 0 Å². The molecule has 3 rings (SSSR count). The third-order valence-electron chi connectivity index (χ3n) is 3.80. The second-order valence-electron chi connectivity index (χ2n) is 5.52. The lowest BCUT2D eigenvalue weighted by Gasteiger charge is -2.21. The largest absolute Gasteiger partial charge is 0.508 e. The van der Waals surface area contributed by atoms with Gasteiger partial charge >= 0.3 is 0 Å². The predicted octanol–water partition coefficient (Wildman–Crippen LogP) is 3.39. The highest BCUT2D eigenvalue weighted by atomic mass is 16.3. The van der Waals surface area contributed by atoms with E-state index < -0.39 is 5.92 Å². The first kappa shape index (κ1) is 15.6. The van der Waals surface area contributed by atoms with E-state index in [1.54, 1.807) is 24.3 Å². The number of hydrogen-bond acceptors (Lipinski definition) is 5. The van der Waals surface area contributed by atoms with Gasteiger partial charge in [0, 0.05) is 29.7 Å². The van der Waals surface area contributed by atoms with E-state index in [9.17, 15) is 25.5 Å². The molecule has 0 saturated heterocycles. The number of rotatable bonds is 3. The molecule has 1 atom stereocenters. The van der Waals surface area contributed by atoms with E-state index in [0.29, 0.717) is 5.56 Å². The molecular weight excluding hydrogens is 308 g/mol. The summed E-state index contributed by atoms with van der Waals surface area (Å²) < 4.78 is 0. The molecule has 3 aromatic rings. The van der Waals surface area contributed by atoms with Crippen molar-refractivity contribution < 1.29 is 25.5 Å². The SMILES string of the molecule is Oc1cc(O)cc(C(c2ccccc2)c2c(O)cc(O)cc2O)c1. The zero-order valence-electron chi connectivity index (χ0n) is 12.6. The van der Waals surface area contributed by atoms with Crippen molar-refractivity contribution in [1.29, 1.82) is 0 Å². The molecule has 5 N–H and O–H groups in total. The standard InChI is InChI=1S/C19H16O5/c20-13-6-12(7-14(21)8-13)18(11-4-2-1-3-5-11)19-16(23)9-15(22)10-17(19)24/h1-10,18,20-24H. The highest BCUT2D eigenvalue weighted by Gasteiger charge is 2.25. The normalized spacial score (nSPS) is 12.0. The van der Waals surface area contributed by atoms with E-state index >= 15 is 0 Å². The molecular formula is C19H16O5. The Balaban J connectivity index is 2.28. The van der Waals surface area contributed by atoms with Gasteiger partial charge in [-0.1, -0.05) is 30.3 Å². The Labute approximate surface area is 138 Å². The Hall–Kier alpha value is -3.34. The molecule has 24 heavy (non-hydrogen) atoms. The minimum Gasteiger partial charge on any atom is -0.508 e. The molecule has 0 heterocycles. The van der Waals surface area contributed by atoms with Gasteiger partial charge in [-0.05, 0) is 23.3 Å². The molecule has 0 amide bonds. The van der Waals surface area contributed by atoms with Crippen molar-refractivity contribution in [2.45, 2.75) is 5.92 Å². The Morgan fingerprint density at radius 2 is 1.04 bits per heavy atom. The first-order valence-corrected chi connectivity index (χ1v) is 7.28. The van der Waals surface area contributed by atoms with Crippen molar-refractivity contribution in [3.63, 3.8) is 0 Å². The van der Waals surface area contributed by atoms with Crippen molar-refractivity contribution in [3.05, 3.63) is 77.4 Å². The van der Waals surface area contributed by atoms with Gasteiger partial charge in [0.2, 0.25) is 0 Å². The smallest absolute Gasteiger partial charge is 0.127 e. The maximum atomic E-state index is 10.3. The molecule has 0 bridgehead atoms. The predicted molar refractivity (Wildman–Crippen MR) is 88.6 cm³/mol. The van der Waals surface area contributed by atoms with Gasteiger partial charge in [0.1, 0.15) is 28.7 Å². The zero-order chi connectivity index (χ0) is 17.3. The van der Waals surface area contributed by atoms with Crippen LogP contribution in [0.3, 0.4) is 0 Å². The van der Waals surface area contributed by atoms with Crippen LogP contribution in [0, 0.1) is 0 Å². The van der Waals surface area contributed by atoms with E-state index in [1.165, 1.54) is 18.2 Å². The molecule has 0 aliphatic heterocycles. The fourth-order valence-corrected chi connectivity index (χ4v) is 2.86. The second kappa shape index (κ2) is 6.04. The molecule has 0 fully saturated rings. The van der Waals surface area contributed by atoms with Gasteiger partial charge in [-0.2, -0.15) is 0 Å². The topological polar surface area (TPSA) is 101 Å². The number of phenolic OH excluding ortho intramolecular Hbond substituents is 5. The summed E-state index contributed by atoms with van der Waals surface area (Å²) in [5.74, 6) is -1.76. The maximum Gasteiger partial charge on any atom is 0.127 e. The van der Waals surface area contributed by atoms with Gasteiger partial charge in [0.25, 0.3) is 0 Å². The minimum absolute atomic E-state index is 0.135. The quantitative estimate of drug-likeness (QED) is 0.475. The zero-order valence-corrected chi connectivity index (χ0v) is 12.6. The van der Waals surface area contributed by atoms with Gasteiger partial charge in [-0.15, -0.1) is 0 Å². The minimum atomic E-state index is -0.648. The summed E-state index contributed by atoms with van der Waals surface area (Å²) in [5, 5.41) is 49.6.